The van der Waals surface area contributed by atoms with Gasteiger partial charge in [0.25, 0.3) is 10.1 Å². The summed E-state index contributed by atoms with van der Waals surface area (Å²) in [6.45, 7) is 2.02. The molecular weight excluding hydrogens is 220 g/mol. The highest BCUT2D eigenvalue weighted by molar-refractivity contribution is 7.85. The first kappa shape index (κ1) is 6.04. The molecule has 0 saturated heterocycles. The van der Waals surface area contributed by atoms with Gasteiger partial charge >= 0.3 is 0 Å². The lowest BCUT2D eigenvalue weighted by atomic mass is 10.6. The van der Waals surface area contributed by atoms with E-state index < -0.39 is 51.4 Å². The standard InChI is InChI=1S/C7H20O3SSi2/c1-12-7(13(2,3)4)5-6-11(8,9)10/h7H,5-6,12H2,1-4H3,(H,8,9,10)/i1D3,7D,12D2. The topological polar surface area (TPSA) is 54.4 Å². The Morgan fingerprint density at radius 1 is 1.69 bits per heavy atom. The molecule has 80 valence electrons. The van der Waals surface area contributed by atoms with Gasteiger partial charge in [0.1, 0.15) is 0 Å². The van der Waals surface area contributed by atoms with E-state index in [0.717, 1.165) is 0 Å². The first-order valence-electron chi connectivity index (χ1n) is 6.91. The molecular formula is C7H20O3SSi2. The predicted octanol–water partition coefficient (Wildman–Crippen LogP) is 1.15. The lowest BCUT2D eigenvalue weighted by molar-refractivity contribution is 0.481. The summed E-state index contributed by atoms with van der Waals surface area (Å²) < 4.78 is 76.5. The van der Waals surface area contributed by atoms with E-state index in [1.165, 1.54) is 0 Å². The first-order valence-corrected chi connectivity index (χ1v) is 10.0. The van der Waals surface area contributed by atoms with Crippen LogP contribution < -0.4 is 0 Å². The van der Waals surface area contributed by atoms with Crippen LogP contribution in [0.5, 0.6) is 0 Å². The van der Waals surface area contributed by atoms with Crippen LogP contribution in [0.15, 0.2) is 0 Å². The monoisotopic (exact) mass is 246 g/mol. The van der Waals surface area contributed by atoms with Crippen LogP contribution in [0.3, 0.4) is 0 Å². The zero-order chi connectivity index (χ0) is 15.9. The summed E-state index contributed by atoms with van der Waals surface area (Å²) in [4.78, 5) is 0. The SMILES string of the molecule is [2H]C([2H])([2H])[Si]([2H])([2H])C([2H])(CCS(=O)(=O)O)[Si](C)(C)C. The molecule has 0 aromatic heterocycles. The zero-order valence-corrected chi connectivity index (χ0v) is 10.9. The van der Waals surface area contributed by atoms with E-state index in [2.05, 4.69) is 0 Å². The van der Waals surface area contributed by atoms with Crippen LogP contribution in [-0.4, -0.2) is 38.7 Å². The fourth-order valence-electron chi connectivity index (χ4n) is 0.856. The van der Waals surface area contributed by atoms with Crippen LogP contribution in [0.25, 0.3) is 0 Å². The highest BCUT2D eigenvalue weighted by Crippen LogP contribution is 2.24. The van der Waals surface area contributed by atoms with Crippen molar-refractivity contribution >= 4 is 27.6 Å². The van der Waals surface area contributed by atoms with E-state index in [1.54, 1.807) is 19.6 Å². The van der Waals surface area contributed by atoms with E-state index >= 15 is 0 Å². The van der Waals surface area contributed by atoms with Crippen LogP contribution in [0, 0.1) is 0 Å². The van der Waals surface area contributed by atoms with Crippen LogP contribution in [0.1, 0.15) is 11.9 Å². The molecule has 0 aromatic rings. The first-order chi connectivity index (χ1) is 7.96. The maximum absolute atomic E-state index is 10.8. The van der Waals surface area contributed by atoms with Crippen LogP contribution in [0.2, 0.25) is 31.3 Å². The molecule has 0 amide bonds. The average molecular weight is 247 g/mol. The molecule has 0 spiro atoms. The summed E-state index contributed by atoms with van der Waals surface area (Å²) in [7, 11) is -11.5. The molecule has 0 aliphatic rings. The van der Waals surface area contributed by atoms with Gasteiger partial charge in [0.05, 0.1) is 5.75 Å². The lowest BCUT2D eigenvalue weighted by Crippen LogP contribution is -2.32. The Labute approximate surface area is 92.6 Å². The summed E-state index contributed by atoms with van der Waals surface area (Å²) >= 11 is 0. The predicted molar refractivity (Wildman–Crippen MR) is 62.5 cm³/mol. The van der Waals surface area contributed by atoms with Gasteiger partial charge in [0, 0.05) is 25.4 Å². The normalized spacial score (nSPS) is 27.1. The lowest BCUT2D eigenvalue weighted by Gasteiger charge is -2.27. The van der Waals surface area contributed by atoms with Gasteiger partial charge in [0.2, 0.25) is 0 Å². The Balaban J connectivity index is 5.70. The van der Waals surface area contributed by atoms with Crippen molar-refractivity contribution in [1.29, 1.82) is 2.47 Å². The molecule has 0 aromatic carbocycles. The van der Waals surface area contributed by atoms with Crippen molar-refractivity contribution in [3.63, 3.8) is 0 Å². The van der Waals surface area contributed by atoms with E-state index in [4.69, 9.17) is 12.5 Å². The number of hydrogen-bond donors (Lipinski definition) is 1. The average Bonchev–Trinajstić information content (AvgIpc) is 2.08. The van der Waals surface area contributed by atoms with Crippen molar-refractivity contribution in [3.8, 4) is 0 Å². The van der Waals surface area contributed by atoms with Gasteiger partial charge in [0.15, 0.2) is 0 Å². The van der Waals surface area contributed by atoms with Gasteiger partial charge in [-0.3, -0.25) is 4.55 Å². The molecule has 0 fully saturated rings. The molecule has 13 heavy (non-hydrogen) atoms. The molecule has 3 nitrogen and oxygen atoms in total. The third-order valence-electron chi connectivity index (χ3n) is 1.67. The molecule has 0 saturated carbocycles. The third-order valence-corrected chi connectivity index (χ3v) is 7.62. The van der Waals surface area contributed by atoms with E-state index in [9.17, 15) is 8.42 Å². The van der Waals surface area contributed by atoms with Crippen molar-refractivity contribution in [2.24, 2.45) is 0 Å². The molecule has 1 unspecified atom stereocenters. The highest BCUT2D eigenvalue weighted by Gasteiger charge is 2.26. The van der Waals surface area contributed by atoms with Gasteiger partial charge < -0.3 is 0 Å². The highest BCUT2D eigenvalue weighted by atomic mass is 32.2. The van der Waals surface area contributed by atoms with Gasteiger partial charge in [-0.1, -0.05) is 31.3 Å². The summed E-state index contributed by atoms with van der Waals surface area (Å²) in [5, 5.41) is -1.92. The summed E-state index contributed by atoms with van der Waals surface area (Å²) in [5.41, 5.74) is 0. The van der Waals surface area contributed by atoms with Crippen LogP contribution in [-0.2, 0) is 10.1 Å². The Morgan fingerprint density at radius 2 is 2.23 bits per heavy atom. The van der Waals surface area contributed by atoms with E-state index in [0.29, 0.717) is 0 Å². The van der Waals surface area contributed by atoms with Gasteiger partial charge in [-0.05, 0) is 6.42 Å². The quantitative estimate of drug-likeness (QED) is 0.585. The van der Waals surface area contributed by atoms with Crippen molar-refractivity contribution in [1.82, 2.24) is 0 Å². The van der Waals surface area contributed by atoms with E-state index in [-0.39, 0.29) is 0 Å². The maximum Gasteiger partial charge on any atom is 0.264 e. The minimum Gasteiger partial charge on any atom is -0.286 e. The Bertz CT molecular complexity index is 429. The van der Waals surface area contributed by atoms with E-state index in [1.807, 2.05) is 0 Å². The largest absolute Gasteiger partial charge is 0.286 e. The molecule has 0 aliphatic carbocycles. The second-order valence-corrected chi connectivity index (χ2v) is 11.9. The smallest absolute Gasteiger partial charge is 0.264 e. The molecule has 0 aliphatic heterocycles. The molecule has 0 bridgehead atoms. The summed E-state index contributed by atoms with van der Waals surface area (Å²) in [6, 6.07) is 0. The summed E-state index contributed by atoms with van der Waals surface area (Å²) in [6.07, 6.45) is -0.487. The fraction of sp³-hybridized carbons (Fsp3) is 1.00. The third kappa shape index (κ3) is 6.42. The maximum atomic E-state index is 10.8. The molecule has 0 heterocycles. The minimum atomic E-state index is -4.54. The van der Waals surface area contributed by atoms with Gasteiger partial charge in [-0.15, -0.1) is 0 Å². The Hall–Kier alpha value is 0.344. The van der Waals surface area contributed by atoms with Gasteiger partial charge in [-0.2, -0.15) is 8.42 Å². The Morgan fingerprint density at radius 3 is 2.54 bits per heavy atom. The zero-order valence-electron chi connectivity index (χ0n) is 14.1. The second-order valence-electron chi connectivity index (χ2n) is 3.89. The number of rotatable bonds is 5. The Kier molecular flexibility index (Phi) is 2.19. The minimum absolute atomic E-state index is 0.487. The van der Waals surface area contributed by atoms with Crippen molar-refractivity contribution < 1.29 is 18.5 Å². The molecule has 6 heteroatoms. The van der Waals surface area contributed by atoms with Gasteiger partial charge in [-0.25, -0.2) is 0 Å². The second kappa shape index (κ2) is 4.72. The fourth-order valence-corrected chi connectivity index (χ4v) is 4.31. The summed E-state index contributed by atoms with van der Waals surface area (Å²) in [5.74, 6) is -0.788. The molecule has 0 rings (SSSR count). The molecule has 1 N–H and O–H groups in total. The van der Waals surface area contributed by atoms with Crippen molar-refractivity contribution in [2.45, 2.75) is 37.7 Å². The molecule has 1 atom stereocenters. The molecule has 0 radical (unpaired) electrons. The van der Waals surface area contributed by atoms with Crippen molar-refractivity contribution in [3.05, 3.63) is 0 Å². The number of hydrogen-bond acceptors (Lipinski definition) is 2. The van der Waals surface area contributed by atoms with Crippen molar-refractivity contribution in [2.75, 3.05) is 5.75 Å². The van der Waals surface area contributed by atoms with Crippen LogP contribution in [0.4, 0.5) is 0 Å². The van der Waals surface area contributed by atoms with Crippen LogP contribution >= 0.6 is 0 Å².